The lowest BCUT2D eigenvalue weighted by molar-refractivity contribution is 0.0224. The van der Waals surface area contributed by atoms with Gasteiger partial charge in [0.2, 0.25) is 0 Å². The molecule has 0 bridgehead atoms. The average Bonchev–Trinajstić information content (AvgIpc) is 3.33. The van der Waals surface area contributed by atoms with Crippen LogP contribution in [0.3, 0.4) is 0 Å². The maximum Gasteiger partial charge on any atom is 0.340 e. The number of fused-ring (bicyclic) bond motifs is 6. The Bertz CT molecular complexity index is 1770. The summed E-state index contributed by atoms with van der Waals surface area (Å²) in [6, 6.07) is 19.3. The Balaban J connectivity index is 1.42. The van der Waals surface area contributed by atoms with Crippen LogP contribution < -0.4 is 14.5 Å². The molecule has 0 aromatic heterocycles. The Morgan fingerprint density at radius 1 is 0.884 bits per heavy atom. The molecule has 0 saturated carbocycles. The second-order valence-electron chi connectivity index (χ2n) is 11.0. The van der Waals surface area contributed by atoms with Gasteiger partial charge in [-0.15, -0.1) is 0 Å². The molecule has 0 N–H and O–H groups in total. The number of hydrogen-bond acceptors (Lipinski definition) is 6. The first-order valence-corrected chi connectivity index (χ1v) is 14.4. The number of rotatable bonds is 5. The lowest BCUT2D eigenvalue weighted by Crippen LogP contribution is -2.37. The summed E-state index contributed by atoms with van der Waals surface area (Å²) in [7, 11) is 0. The first kappa shape index (κ1) is 27.3. The van der Waals surface area contributed by atoms with Gasteiger partial charge in [0.1, 0.15) is 17.3 Å². The lowest BCUT2D eigenvalue weighted by Gasteiger charge is -2.38. The molecule has 4 aromatic rings. The summed E-state index contributed by atoms with van der Waals surface area (Å²) in [6.07, 6.45) is 0.570. The molecule has 0 amide bonds. The fourth-order valence-electron chi connectivity index (χ4n) is 6.32. The molecule has 3 aliphatic rings. The maximum atomic E-state index is 15.3. The van der Waals surface area contributed by atoms with Gasteiger partial charge in [-0.25, -0.2) is 18.0 Å². The monoisotopic (exact) mass is 586 g/mol. The van der Waals surface area contributed by atoms with Crippen LogP contribution in [0.15, 0.2) is 66.7 Å². The normalized spacial score (nSPS) is 18.5. The molecule has 6 nitrogen and oxygen atoms in total. The van der Waals surface area contributed by atoms with E-state index in [-0.39, 0.29) is 17.8 Å². The van der Waals surface area contributed by atoms with E-state index in [1.165, 1.54) is 11.8 Å². The molecule has 43 heavy (non-hydrogen) atoms. The summed E-state index contributed by atoms with van der Waals surface area (Å²) in [6.45, 7) is 6.12. The van der Waals surface area contributed by atoms with Crippen molar-refractivity contribution in [2.75, 3.05) is 42.6 Å². The molecule has 3 aliphatic heterocycles. The van der Waals surface area contributed by atoms with Crippen LogP contribution in [0.5, 0.6) is 11.5 Å². The summed E-state index contributed by atoms with van der Waals surface area (Å²) in [5, 5.41) is 0. The number of morpholine rings is 1. The molecule has 1 atom stereocenters. The van der Waals surface area contributed by atoms with Gasteiger partial charge < -0.3 is 24.0 Å². The molecule has 1 saturated heterocycles. The van der Waals surface area contributed by atoms with E-state index in [1.807, 2.05) is 37.3 Å². The van der Waals surface area contributed by atoms with Gasteiger partial charge in [0.15, 0.2) is 17.2 Å². The van der Waals surface area contributed by atoms with E-state index < -0.39 is 29.0 Å². The smallest absolute Gasteiger partial charge is 0.340 e. The van der Waals surface area contributed by atoms with Crippen LogP contribution in [0.1, 0.15) is 46.0 Å². The van der Waals surface area contributed by atoms with Crippen LogP contribution in [0.4, 0.5) is 30.2 Å². The number of carbonyl (C=O) groups is 1. The molecule has 0 aliphatic carbocycles. The molecule has 3 heterocycles. The van der Waals surface area contributed by atoms with E-state index >= 15 is 4.39 Å². The first-order chi connectivity index (χ1) is 20.8. The highest BCUT2D eigenvalue weighted by Crippen LogP contribution is 2.57. The molecular formula is C34H29F3N2O4. The number of ether oxygens (including phenoxy) is 3. The Morgan fingerprint density at radius 3 is 2.47 bits per heavy atom. The van der Waals surface area contributed by atoms with Crippen LogP contribution in [0.2, 0.25) is 0 Å². The Kier molecular flexibility index (Phi) is 6.58. The molecule has 4 aromatic carbocycles. The van der Waals surface area contributed by atoms with Gasteiger partial charge in [-0.3, -0.25) is 0 Å². The summed E-state index contributed by atoms with van der Waals surface area (Å²) in [5.74, 6) is -2.66. The number of esters is 1. The van der Waals surface area contributed by atoms with E-state index in [0.717, 1.165) is 24.8 Å². The fraction of sp³-hybridized carbons (Fsp3) is 0.265. The standard InChI is InChI=1S/C34H29F3N2O4/c1-3-12-39(28-19-27(35)20(2)31(36)32(28)37)22-9-11-29-26(17-22)34(24-7-5-4-6-23(24)33(40)43-34)25-10-8-21(18-30(25)42-29)38-13-15-41-16-14-38/h4-11,17-19H,3,12-16H2,1-2H3. The minimum atomic E-state index is -1.35. The van der Waals surface area contributed by atoms with Crippen LogP contribution in [0.25, 0.3) is 0 Å². The minimum absolute atomic E-state index is 0.215. The molecule has 1 spiro atoms. The van der Waals surface area contributed by atoms with Crippen molar-refractivity contribution in [1.82, 2.24) is 0 Å². The van der Waals surface area contributed by atoms with Crippen molar-refractivity contribution in [3.05, 3.63) is 112 Å². The summed E-state index contributed by atoms with van der Waals surface area (Å²) >= 11 is 0. The quantitative estimate of drug-likeness (QED) is 0.180. The zero-order valence-corrected chi connectivity index (χ0v) is 23.8. The third-order valence-corrected chi connectivity index (χ3v) is 8.47. The third-order valence-electron chi connectivity index (χ3n) is 8.47. The van der Waals surface area contributed by atoms with Crippen LogP contribution in [-0.4, -0.2) is 38.8 Å². The second kappa shape index (κ2) is 10.3. The molecule has 1 unspecified atom stereocenters. The predicted molar refractivity (Wildman–Crippen MR) is 156 cm³/mol. The zero-order chi connectivity index (χ0) is 29.9. The topological polar surface area (TPSA) is 51.2 Å². The number of anilines is 3. The third kappa shape index (κ3) is 4.17. The van der Waals surface area contributed by atoms with Gasteiger partial charge in [0.05, 0.1) is 24.5 Å². The Morgan fingerprint density at radius 2 is 1.67 bits per heavy atom. The largest absolute Gasteiger partial charge is 0.456 e. The molecule has 220 valence electrons. The van der Waals surface area contributed by atoms with Crippen molar-refractivity contribution in [2.24, 2.45) is 0 Å². The SMILES string of the molecule is CCCN(c1ccc2c(c1)C1(OC(=O)c3ccccc31)c1ccc(N3CCOCC3)cc1O2)c1cc(F)c(C)c(F)c1F. The van der Waals surface area contributed by atoms with E-state index in [4.69, 9.17) is 14.2 Å². The first-order valence-electron chi connectivity index (χ1n) is 14.4. The van der Waals surface area contributed by atoms with Crippen molar-refractivity contribution in [2.45, 2.75) is 25.9 Å². The molecule has 9 heteroatoms. The lowest BCUT2D eigenvalue weighted by atomic mass is 9.77. The van der Waals surface area contributed by atoms with Crippen molar-refractivity contribution in [3.63, 3.8) is 0 Å². The number of benzene rings is 4. The van der Waals surface area contributed by atoms with Crippen molar-refractivity contribution < 1.29 is 32.2 Å². The fourth-order valence-corrected chi connectivity index (χ4v) is 6.32. The Labute approximate surface area is 247 Å². The maximum absolute atomic E-state index is 15.3. The van der Waals surface area contributed by atoms with Crippen molar-refractivity contribution in [3.8, 4) is 11.5 Å². The van der Waals surface area contributed by atoms with Crippen molar-refractivity contribution in [1.29, 1.82) is 0 Å². The zero-order valence-electron chi connectivity index (χ0n) is 23.8. The van der Waals surface area contributed by atoms with E-state index in [2.05, 4.69) is 4.90 Å². The minimum Gasteiger partial charge on any atom is -0.456 e. The second-order valence-corrected chi connectivity index (χ2v) is 11.0. The molecular weight excluding hydrogens is 557 g/mol. The molecule has 0 radical (unpaired) electrons. The average molecular weight is 587 g/mol. The summed E-state index contributed by atoms with van der Waals surface area (Å²) in [4.78, 5) is 17.1. The highest BCUT2D eigenvalue weighted by molar-refractivity contribution is 5.97. The van der Waals surface area contributed by atoms with Gasteiger partial charge in [-0.05, 0) is 49.7 Å². The number of nitrogens with zero attached hydrogens (tertiary/aromatic N) is 2. The van der Waals surface area contributed by atoms with Crippen molar-refractivity contribution >= 4 is 23.0 Å². The summed E-state index contributed by atoms with van der Waals surface area (Å²) in [5.41, 5.74) is 1.76. The number of hydrogen-bond donors (Lipinski definition) is 0. The van der Waals surface area contributed by atoms with Gasteiger partial charge in [0, 0.05) is 65.4 Å². The Hall–Kier alpha value is -4.50. The summed E-state index contributed by atoms with van der Waals surface area (Å²) < 4.78 is 62.9. The predicted octanol–water partition coefficient (Wildman–Crippen LogP) is 7.37. The molecule has 7 rings (SSSR count). The molecule has 1 fully saturated rings. The number of halogens is 3. The highest BCUT2D eigenvalue weighted by Gasteiger charge is 2.53. The highest BCUT2D eigenvalue weighted by atomic mass is 19.2. The van der Waals surface area contributed by atoms with Gasteiger partial charge >= 0.3 is 5.97 Å². The van der Waals surface area contributed by atoms with Gasteiger partial charge in [-0.2, -0.15) is 0 Å². The van der Waals surface area contributed by atoms with Crippen LogP contribution in [0, 0.1) is 24.4 Å². The van der Waals surface area contributed by atoms with E-state index in [1.54, 1.807) is 30.3 Å². The number of carbonyl (C=O) groups excluding carboxylic acids is 1. The van der Waals surface area contributed by atoms with E-state index in [0.29, 0.717) is 59.1 Å². The van der Waals surface area contributed by atoms with Crippen LogP contribution >= 0.6 is 0 Å². The van der Waals surface area contributed by atoms with E-state index in [9.17, 15) is 13.6 Å². The van der Waals surface area contributed by atoms with Crippen LogP contribution in [-0.2, 0) is 15.1 Å². The van der Waals surface area contributed by atoms with Gasteiger partial charge in [-0.1, -0.05) is 25.1 Å². The van der Waals surface area contributed by atoms with Gasteiger partial charge in [0.25, 0.3) is 0 Å².